The van der Waals surface area contributed by atoms with Crippen LogP contribution < -0.4 is 25.0 Å². The number of methoxy groups -OCH3 is 1. The standard InChI is InChI=1S/C30H37FN6O6S/c1-30(2,3)43-27(38)19-26(36-44(40,41)23-9-7-22(42-4)8-10-23)35-28(39)20-6-11-25(24(31)18-20)37-16-12-21(13-17-37)34-29-32-14-5-15-33-29/h5-11,14-15,18,21,26,36H,12-13,16-17,19H2,1-4H3,(H,35,39)(H,32,33,34). The van der Waals surface area contributed by atoms with Crippen LogP contribution in [-0.2, 0) is 19.6 Å². The van der Waals surface area contributed by atoms with E-state index in [1.165, 1.54) is 43.5 Å². The predicted octanol–water partition coefficient (Wildman–Crippen LogP) is 3.47. The summed E-state index contributed by atoms with van der Waals surface area (Å²) < 4.78 is 54.2. The second-order valence-corrected chi connectivity index (χ2v) is 13.0. The highest BCUT2D eigenvalue weighted by Gasteiger charge is 2.28. The van der Waals surface area contributed by atoms with Crippen molar-refractivity contribution in [3.63, 3.8) is 0 Å². The van der Waals surface area contributed by atoms with Gasteiger partial charge in [0, 0.05) is 37.1 Å². The normalized spacial score (nSPS) is 14.9. The van der Waals surface area contributed by atoms with Gasteiger partial charge >= 0.3 is 5.97 Å². The number of halogens is 1. The Bertz CT molecular complexity index is 1540. The number of amides is 1. The van der Waals surface area contributed by atoms with Crippen molar-refractivity contribution in [1.29, 1.82) is 0 Å². The minimum atomic E-state index is -4.18. The molecular formula is C30H37FN6O6S. The number of rotatable bonds is 11. The third-order valence-corrected chi connectivity index (χ3v) is 8.20. The largest absolute Gasteiger partial charge is 0.497 e. The topological polar surface area (TPSA) is 152 Å². The number of hydrogen-bond acceptors (Lipinski definition) is 10. The van der Waals surface area contributed by atoms with Crippen LogP contribution in [0.4, 0.5) is 16.0 Å². The van der Waals surface area contributed by atoms with Crippen LogP contribution in [0.3, 0.4) is 0 Å². The number of sulfonamides is 1. The molecule has 4 rings (SSSR count). The van der Waals surface area contributed by atoms with Crippen molar-refractivity contribution in [3.8, 4) is 5.75 Å². The van der Waals surface area contributed by atoms with Crippen LogP contribution in [0, 0.1) is 5.82 Å². The number of carbonyl (C=O) groups is 2. The van der Waals surface area contributed by atoms with E-state index in [9.17, 15) is 18.0 Å². The number of nitrogens with zero attached hydrogens (tertiary/aromatic N) is 3. The van der Waals surface area contributed by atoms with Crippen LogP contribution in [0.25, 0.3) is 0 Å². The quantitative estimate of drug-likeness (QED) is 0.213. The van der Waals surface area contributed by atoms with Gasteiger partial charge in [0.2, 0.25) is 16.0 Å². The summed E-state index contributed by atoms with van der Waals surface area (Å²) in [4.78, 5) is 35.9. The summed E-state index contributed by atoms with van der Waals surface area (Å²) in [5.74, 6) is -1.11. The third-order valence-electron chi connectivity index (χ3n) is 6.71. The second kappa shape index (κ2) is 14.0. The lowest BCUT2D eigenvalue weighted by atomic mass is 10.0. The number of aromatic nitrogens is 2. The van der Waals surface area contributed by atoms with E-state index in [4.69, 9.17) is 9.47 Å². The first-order chi connectivity index (χ1) is 20.8. The average Bonchev–Trinajstić information content (AvgIpc) is 2.97. The highest BCUT2D eigenvalue weighted by molar-refractivity contribution is 7.89. The van der Waals surface area contributed by atoms with Crippen LogP contribution in [0.15, 0.2) is 65.8 Å². The zero-order chi connectivity index (χ0) is 31.9. The first-order valence-electron chi connectivity index (χ1n) is 14.1. The molecule has 2 heterocycles. The molecule has 236 valence electrons. The minimum Gasteiger partial charge on any atom is -0.497 e. The molecule has 1 unspecified atom stereocenters. The van der Waals surface area contributed by atoms with Gasteiger partial charge in [0.25, 0.3) is 5.91 Å². The van der Waals surface area contributed by atoms with Gasteiger partial charge in [0.1, 0.15) is 23.3 Å². The number of ether oxygens (including phenoxy) is 2. The molecule has 1 aliphatic heterocycles. The molecule has 0 bridgehead atoms. The summed E-state index contributed by atoms with van der Waals surface area (Å²) in [6, 6.07) is 11.5. The van der Waals surface area contributed by atoms with Crippen molar-refractivity contribution in [3.05, 3.63) is 72.3 Å². The Morgan fingerprint density at radius 3 is 2.32 bits per heavy atom. The van der Waals surface area contributed by atoms with Gasteiger partial charge in [-0.25, -0.2) is 22.8 Å². The van der Waals surface area contributed by atoms with Crippen molar-refractivity contribution in [2.24, 2.45) is 0 Å². The second-order valence-electron chi connectivity index (χ2n) is 11.3. The molecule has 0 saturated carbocycles. The smallest absolute Gasteiger partial charge is 0.309 e. The van der Waals surface area contributed by atoms with E-state index in [0.717, 1.165) is 18.9 Å². The van der Waals surface area contributed by atoms with Gasteiger partial charge in [-0.3, -0.25) is 9.59 Å². The fourth-order valence-electron chi connectivity index (χ4n) is 4.65. The van der Waals surface area contributed by atoms with Crippen LogP contribution >= 0.6 is 0 Å². The summed E-state index contributed by atoms with van der Waals surface area (Å²) in [6.45, 7) is 6.17. The molecule has 3 N–H and O–H groups in total. The van der Waals surface area contributed by atoms with Crippen molar-refractivity contribution in [1.82, 2.24) is 20.0 Å². The number of carbonyl (C=O) groups excluding carboxylic acids is 2. The Kier molecular flexibility index (Phi) is 10.4. The molecule has 1 aliphatic rings. The Balaban J connectivity index is 1.44. The van der Waals surface area contributed by atoms with Gasteiger partial charge in [-0.15, -0.1) is 0 Å². The van der Waals surface area contributed by atoms with Crippen LogP contribution in [0.2, 0.25) is 0 Å². The first-order valence-corrected chi connectivity index (χ1v) is 15.6. The fourth-order valence-corrected chi connectivity index (χ4v) is 5.80. The SMILES string of the molecule is COc1ccc(S(=O)(=O)NC(CC(=O)OC(C)(C)C)NC(=O)c2ccc(N3CCC(Nc4ncccn4)CC3)c(F)c2)cc1. The molecule has 1 aromatic heterocycles. The highest BCUT2D eigenvalue weighted by atomic mass is 32.2. The predicted molar refractivity (Wildman–Crippen MR) is 162 cm³/mol. The van der Waals surface area contributed by atoms with Crippen molar-refractivity contribution >= 4 is 33.5 Å². The molecule has 44 heavy (non-hydrogen) atoms. The zero-order valence-electron chi connectivity index (χ0n) is 25.0. The minimum absolute atomic E-state index is 0.0399. The van der Waals surface area contributed by atoms with Crippen molar-refractivity contribution < 1.29 is 31.9 Å². The highest BCUT2D eigenvalue weighted by Crippen LogP contribution is 2.25. The maximum atomic E-state index is 15.3. The molecule has 1 amide bonds. The van der Waals surface area contributed by atoms with Gasteiger partial charge in [0.05, 0.1) is 24.1 Å². The molecule has 1 saturated heterocycles. The van der Waals surface area contributed by atoms with E-state index >= 15 is 4.39 Å². The summed E-state index contributed by atoms with van der Waals surface area (Å²) in [5, 5.41) is 5.78. The Labute approximate surface area is 256 Å². The van der Waals surface area contributed by atoms with Crippen LogP contribution in [-0.4, -0.2) is 68.3 Å². The molecular weight excluding hydrogens is 591 g/mol. The van der Waals surface area contributed by atoms with E-state index in [2.05, 4.69) is 25.3 Å². The maximum absolute atomic E-state index is 15.3. The summed E-state index contributed by atoms with van der Waals surface area (Å²) in [7, 11) is -2.73. The van der Waals surface area contributed by atoms with E-state index in [1.54, 1.807) is 39.2 Å². The van der Waals surface area contributed by atoms with Gasteiger partial charge in [-0.05, 0) is 82.1 Å². The number of benzene rings is 2. The molecule has 0 aliphatic carbocycles. The molecule has 0 spiro atoms. The van der Waals surface area contributed by atoms with E-state index in [-0.39, 0.29) is 16.5 Å². The van der Waals surface area contributed by atoms with Crippen LogP contribution in [0.5, 0.6) is 5.75 Å². The number of esters is 1. The Hall–Kier alpha value is -4.30. The lowest BCUT2D eigenvalue weighted by Gasteiger charge is -2.34. The summed E-state index contributed by atoms with van der Waals surface area (Å²) in [5.41, 5.74) is -0.525. The van der Waals surface area contributed by atoms with Crippen LogP contribution in [0.1, 0.15) is 50.4 Å². The van der Waals surface area contributed by atoms with Gasteiger partial charge in [-0.2, -0.15) is 4.72 Å². The third kappa shape index (κ3) is 9.10. The molecule has 1 fully saturated rings. The number of anilines is 2. The molecule has 0 radical (unpaired) electrons. The van der Waals surface area contributed by atoms with Gasteiger partial charge in [0.15, 0.2) is 0 Å². The van der Waals surface area contributed by atoms with Gasteiger partial charge < -0.3 is 25.0 Å². The Morgan fingerprint density at radius 2 is 1.73 bits per heavy atom. The molecule has 1 atom stereocenters. The monoisotopic (exact) mass is 628 g/mol. The van der Waals surface area contributed by atoms with Crippen molar-refractivity contribution in [2.75, 3.05) is 30.4 Å². The number of piperidine rings is 1. The zero-order valence-corrected chi connectivity index (χ0v) is 25.9. The van der Waals surface area contributed by atoms with Gasteiger partial charge in [-0.1, -0.05) is 0 Å². The van der Waals surface area contributed by atoms with E-state index in [1.807, 2.05) is 4.90 Å². The first kappa shape index (κ1) is 32.6. The molecule has 12 nitrogen and oxygen atoms in total. The maximum Gasteiger partial charge on any atom is 0.309 e. The summed E-state index contributed by atoms with van der Waals surface area (Å²) >= 11 is 0. The van der Waals surface area contributed by atoms with E-state index < -0.39 is 45.9 Å². The number of hydrogen-bond donors (Lipinski definition) is 3. The molecule has 3 aromatic rings. The lowest BCUT2D eigenvalue weighted by molar-refractivity contribution is -0.155. The lowest BCUT2D eigenvalue weighted by Crippen LogP contribution is -2.49. The fraction of sp³-hybridized carbons (Fsp3) is 0.400. The van der Waals surface area contributed by atoms with E-state index in [0.29, 0.717) is 30.5 Å². The Morgan fingerprint density at radius 1 is 1.07 bits per heavy atom. The van der Waals surface area contributed by atoms with Crippen molar-refractivity contribution in [2.45, 2.75) is 62.7 Å². The molecule has 2 aromatic carbocycles. The number of nitrogens with one attached hydrogen (secondary N) is 3. The molecule has 14 heteroatoms. The average molecular weight is 629 g/mol. The summed E-state index contributed by atoms with van der Waals surface area (Å²) in [6.07, 6.45) is 2.91.